The first kappa shape index (κ1) is 25.1. The first-order valence-electron chi connectivity index (χ1n) is 11.9. The summed E-state index contributed by atoms with van der Waals surface area (Å²) >= 11 is 4.35. The highest BCUT2D eigenvalue weighted by molar-refractivity contribution is 9.10. The Balaban J connectivity index is 1.34. The number of fused-ring (bicyclic) bond motifs is 1. The lowest BCUT2D eigenvalue weighted by molar-refractivity contribution is -0.123. The van der Waals surface area contributed by atoms with Crippen LogP contribution >= 0.6 is 27.7 Å². The molecule has 1 heterocycles. The number of thioether (sulfide) groups is 1. The molecule has 0 spiro atoms. The molecule has 1 aliphatic rings. The highest BCUT2D eigenvalue weighted by Crippen LogP contribution is 2.36. The number of carbonyl (C=O) groups excluding carboxylic acids is 2. The molecule has 0 unspecified atom stereocenters. The van der Waals surface area contributed by atoms with Crippen LogP contribution in [0.4, 0.5) is 4.79 Å². The third kappa shape index (κ3) is 5.73. The van der Waals surface area contributed by atoms with Gasteiger partial charge in [0, 0.05) is 4.47 Å². The zero-order valence-corrected chi connectivity index (χ0v) is 22.6. The SMILES string of the molecule is CCOc1cc(/C=C2\SC(=O)N(Cc3ccc(Br)cc3)C2=O)ccc1OCc1cccc2ccccc12. The second-order valence-corrected chi connectivity index (χ2v) is 10.4. The Morgan fingerprint density at radius 1 is 0.892 bits per heavy atom. The fourth-order valence-electron chi connectivity index (χ4n) is 4.14. The number of halogens is 1. The van der Waals surface area contributed by atoms with E-state index >= 15 is 0 Å². The summed E-state index contributed by atoms with van der Waals surface area (Å²) in [5.74, 6) is 0.910. The summed E-state index contributed by atoms with van der Waals surface area (Å²) < 4.78 is 12.9. The fourth-order valence-corrected chi connectivity index (χ4v) is 5.24. The number of hydrogen-bond acceptors (Lipinski definition) is 5. The number of nitrogens with zero attached hydrogens (tertiary/aromatic N) is 1. The Morgan fingerprint density at radius 3 is 2.49 bits per heavy atom. The molecule has 5 rings (SSSR count). The molecule has 0 aromatic heterocycles. The van der Waals surface area contributed by atoms with Crippen molar-refractivity contribution < 1.29 is 19.1 Å². The Kier molecular flexibility index (Phi) is 7.63. The lowest BCUT2D eigenvalue weighted by Crippen LogP contribution is -2.27. The van der Waals surface area contributed by atoms with Gasteiger partial charge in [0.05, 0.1) is 18.1 Å². The van der Waals surface area contributed by atoms with Crippen LogP contribution in [0, 0.1) is 0 Å². The number of ether oxygens (including phenoxy) is 2. The van der Waals surface area contributed by atoms with Crippen molar-refractivity contribution >= 4 is 55.7 Å². The minimum absolute atomic E-state index is 0.237. The molecule has 4 aromatic carbocycles. The summed E-state index contributed by atoms with van der Waals surface area (Å²) in [6.45, 7) is 3.02. The molecule has 4 aromatic rings. The van der Waals surface area contributed by atoms with Gasteiger partial charge in [0.2, 0.25) is 0 Å². The van der Waals surface area contributed by atoms with Crippen LogP contribution < -0.4 is 9.47 Å². The fraction of sp³-hybridized carbons (Fsp3) is 0.133. The van der Waals surface area contributed by atoms with Crippen LogP contribution in [0.5, 0.6) is 11.5 Å². The molecule has 1 fully saturated rings. The molecule has 0 N–H and O–H groups in total. The third-order valence-corrected chi connectivity index (χ3v) is 7.39. The lowest BCUT2D eigenvalue weighted by atomic mass is 10.1. The van der Waals surface area contributed by atoms with Gasteiger partial charge in [0.15, 0.2) is 11.5 Å². The quantitative estimate of drug-likeness (QED) is 0.201. The monoisotopic (exact) mass is 573 g/mol. The number of benzene rings is 4. The Morgan fingerprint density at radius 2 is 1.68 bits per heavy atom. The predicted octanol–water partition coefficient (Wildman–Crippen LogP) is 7.82. The van der Waals surface area contributed by atoms with Crippen molar-refractivity contribution in [2.45, 2.75) is 20.1 Å². The van der Waals surface area contributed by atoms with E-state index in [1.807, 2.05) is 67.6 Å². The van der Waals surface area contributed by atoms with Gasteiger partial charge in [-0.2, -0.15) is 0 Å². The summed E-state index contributed by atoms with van der Waals surface area (Å²) in [7, 11) is 0. The molecule has 2 amide bonds. The number of carbonyl (C=O) groups is 2. The van der Waals surface area contributed by atoms with E-state index in [0.29, 0.717) is 29.6 Å². The van der Waals surface area contributed by atoms with Gasteiger partial charge in [-0.05, 0) is 76.5 Å². The first-order chi connectivity index (χ1) is 18.0. The van der Waals surface area contributed by atoms with Crippen LogP contribution in [0.1, 0.15) is 23.6 Å². The number of amides is 2. The molecular formula is C30H24BrNO4S. The van der Waals surface area contributed by atoms with E-state index in [4.69, 9.17) is 9.47 Å². The van der Waals surface area contributed by atoms with E-state index in [1.165, 1.54) is 4.90 Å². The van der Waals surface area contributed by atoms with E-state index in [9.17, 15) is 9.59 Å². The van der Waals surface area contributed by atoms with Crippen molar-refractivity contribution in [1.29, 1.82) is 0 Å². The Hall–Kier alpha value is -3.55. The minimum atomic E-state index is -0.299. The van der Waals surface area contributed by atoms with Gasteiger partial charge in [-0.1, -0.05) is 76.6 Å². The van der Waals surface area contributed by atoms with Crippen molar-refractivity contribution in [2.24, 2.45) is 0 Å². The van der Waals surface area contributed by atoms with Crippen molar-refractivity contribution in [1.82, 2.24) is 4.90 Å². The maximum Gasteiger partial charge on any atom is 0.293 e. The highest BCUT2D eigenvalue weighted by Gasteiger charge is 2.35. The second kappa shape index (κ2) is 11.2. The molecule has 0 aliphatic carbocycles. The summed E-state index contributed by atoms with van der Waals surface area (Å²) in [5.41, 5.74) is 2.73. The summed E-state index contributed by atoms with van der Waals surface area (Å²) in [6, 6.07) is 27.5. The van der Waals surface area contributed by atoms with E-state index in [2.05, 4.69) is 40.2 Å². The molecular weight excluding hydrogens is 550 g/mol. The van der Waals surface area contributed by atoms with Gasteiger partial charge in [-0.15, -0.1) is 0 Å². The predicted molar refractivity (Wildman–Crippen MR) is 152 cm³/mol. The van der Waals surface area contributed by atoms with Gasteiger partial charge in [0.25, 0.3) is 11.1 Å². The standard InChI is InChI=1S/C30H24BrNO4S/c1-2-35-27-16-21(12-15-26(27)36-19-23-8-5-7-22-6-3-4-9-25(22)23)17-28-29(33)32(30(34)37-28)18-20-10-13-24(31)14-11-20/h3-17H,2,18-19H2,1H3/b28-17-. The average Bonchev–Trinajstić information content (AvgIpc) is 3.17. The topological polar surface area (TPSA) is 55.8 Å². The Labute approximate surface area is 228 Å². The van der Waals surface area contributed by atoms with Crippen LogP contribution in [0.2, 0.25) is 0 Å². The second-order valence-electron chi connectivity index (χ2n) is 8.46. The summed E-state index contributed by atoms with van der Waals surface area (Å²) in [5, 5.41) is 2.04. The first-order valence-corrected chi connectivity index (χ1v) is 13.5. The summed E-state index contributed by atoms with van der Waals surface area (Å²) in [6.07, 6.45) is 1.73. The van der Waals surface area contributed by atoms with Crippen molar-refractivity contribution in [3.05, 3.63) is 111 Å². The maximum atomic E-state index is 13.0. The van der Waals surface area contributed by atoms with Crippen molar-refractivity contribution in [2.75, 3.05) is 6.61 Å². The van der Waals surface area contributed by atoms with Crippen LogP contribution in [-0.4, -0.2) is 22.7 Å². The van der Waals surface area contributed by atoms with Crippen LogP contribution in [0.3, 0.4) is 0 Å². The van der Waals surface area contributed by atoms with Crippen LogP contribution in [-0.2, 0) is 17.9 Å². The third-order valence-electron chi connectivity index (χ3n) is 5.96. The molecule has 1 saturated heterocycles. The zero-order chi connectivity index (χ0) is 25.8. The van der Waals surface area contributed by atoms with Crippen molar-refractivity contribution in [3.63, 3.8) is 0 Å². The van der Waals surface area contributed by atoms with Crippen molar-refractivity contribution in [3.8, 4) is 11.5 Å². The van der Waals surface area contributed by atoms with Crippen LogP contribution in [0.15, 0.2) is 94.3 Å². The maximum absolute atomic E-state index is 13.0. The molecule has 37 heavy (non-hydrogen) atoms. The van der Waals surface area contributed by atoms with Gasteiger partial charge < -0.3 is 9.47 Å². The molecule has 0 radical (unpaired) electrons. The molecule has 0 bridgehead atoms. The lowest BCUT2D eigenvalue weighted by Gasteiger charge is -2.14. The summed E-state index contributed by atoms with van der Waals surface area (Å²) in [4.78, 5) is 27.2. The normalized spacial score (nSPS) is 14.5. The van der Waals surface area contributed by atoms with Gasteiger partial charge in [0.1, 0.15) is 6.61 Å². The smallest absolute Gasteiger partial charge is 0.293 e. The molecule has 5 nitrogen and oxygen atoms in total. The van der Waals surface area contributed by atoms with E-state index in [0.717, 1.165) is 43.7 Å². The number of imide groups is 1. The Bertz CT molecular complexity index is 1490. The van der Waals surface area contributed by atoms with Gasteiger partial charge in [-0.3, -0.25) is 14.5 Å². The zero-order valence-electron chi connectivity index (χ0n) is 20.1. The molecule has 7 heteroatoms. The van der Waals surface area contributed by atoms with Gasteiger partial charge in [-0.25, -0.2) is 0 Å². The van der Waals surface area contributed by atoms with E-state index in [1.54, 1.807) is 6.08 Å². The molecule has 0 saturated carbocycles. The molecule has 1 aliphatic heterocycles. The molecule has 186 valence electrons. The average molecular weight is 574 g/mol. The number of hydrogen-bond donors (Lipinski definition) is 0. The van der Waals surface area contributed by atoms with Crippen LogP contribution in [0.25, 0.3) is 16.8 Å². The minimum Gasteiger partial charge on any atom is -0.490 e. The number of rotatable bonds is 8. The molecule has 0 atom stereocenters. The largest absolute Gasteiger partial charge is 0.490 e. The highest BCUT2D eigenvalue weighted by atomic mass is 79.9. The van der Waals surface area contributed by atoms with E-state index in [-0.39, 0.29) is 17.7 Å². The van der Waals surface area contributed by atoms with E-state index < -0.39 is 0 Å². The van der Waals surface area contributed by atoms with Gasteiger partial charge >= 0.3 is 0 Å².